The molecule has 1 N–H and O–H groups in total. The lowest BCUT2D eigenvalue weighted by Crippen LogP contribution is -2.46. The van der Waals surface area contributed by atoms with Gasteiger partial charge in [-0.05, 0) is 29.8 Å². The van der Waals surface area contributed by atoms with E-state index in [2.05, 4.69) is 31.2 Å². The monoisotopic (exact) mass is 426 g/mol. The minimum atomic E-state index is -4.52. The summed E-state index contributed by atoms with van der Waals surface area (Å²) in [4.78, 5) is 14.2. The molecule has 0 aliphatic carbocycles. The van der Waals surface area contributed by atoms with Gasteiger partial charge in [-0.3, -0.25) is 14.4 Å². The number of nitrogens with one attached hydrogen (secondary N) is 1. The van der Waals surface area contributed by atoms with Crippen LogP contribution in [0.5, 0.6) is 0 Å². The second-order valence-corrected chi connectivity index (χ2v) is 6.89. The summed E-state index contributed by atoms with van der Waals surface area (Å²) in [5, 5.41) is 6.44. The Labute approximate surface area is 152 Å². The maximum absolute atomic E-state index is 12.8. The molecule has 0 saturated carbocycles. The number of halogens is 4. The van der Waals surface area contributed by atoms with Crippen LogP contribution in [0.25, 0.3) is 0 Å². The van der Waals surface area contributed by atoms with E-state index < -0.39 is 11.9 Å². The molecule has 1 atom stereocenters. The van der Waals surface area contributed by atoms with Crippen molar-refractivity contribution in [3.05, 3.63) is 15.9 Å². The molecule has 2 heterocycles. The number of carbonyl (C=O) groups excluding carboxylic acids is 1. The first kappa shape index (κ1) is 20.2. The van der Waals surface area contributed by atoms with Gasteiger partial charge in [-0.1, -0.05) is 0 Å². The van der Waals surface area contributed by atoms with Gasteiger partial charge in [0, 0.05) is 32.1 Å². The van der Waals surface area contributed by atoms with E-state index in [0.29, 0.717) is 18.9 Å². The minimum absolute atomic E-state index is 0.0400. The van der Waals surface area contributed by atoms with Crippen LogP contribution in [0, 0.1) is 6.92 Å². The summed E-state index contributed by atoms with van der Waals surface area (Å²) in [5.41, 5.74) is -0.618. The Morgan fingerprint density at radius 2 is 2.04 bits per heavy atom. The summed E-state index contributed by atoms with van der Waals surface area (Å²) in [6.07, 6.45) is -4.45. The van der Waals surface area contributed by atoms with Gasteiger partial charge in [0.25, 0.3) is 0 Å². The van der Waals surface area contributed by atoms with E-state index in [9.17, 15) is 18.0 Å². The number of amides is 1. The van der Waals surface area contributed by atoms with Gasteiger partial charge < -0.3 is 10.1 Å². The first-order chi connectivity index (χ1) is 11.7. The molecule has 1 aromatic heterocycles. The SMILES string of the molecule is Cc1c(Br)c(C(F)(F)F)nn1CCC(=O)N[C@@H](C)CN1CCOCC1. The molecule has 2 rings (SSSR count). The third-order valence-electron chi connectivity index (χ3n) is 4.00. The Kier molecular flexibility index (Phi) is 6.86. The molecule has 1 fully saturated rings. The molecule has 0 radical (unpaired) electrons. The van der Waals surface area contributed by atoms with Crippen molar-refractivity contribution in [1.29, 1.82) is 0 Å². The zero-order chi connectivity index (χ0) is 18.6. The average molecular weight is 427 g/mol. The highest BCUT2D eigenvalue weighted by molar-refractivity contribution is 9.10. The summed E-state index contributed by atoms with van der Waals surface area (Å²) < 4.78 is 44.9. The molecule has 1 amide bonds. The molecule has 6 nitrogen and oxygen atoms in total. The van der Waals surface area contributed by atoms with E-state index in [1.165, 1.54) is 11.6 Å². The Balaban J connectivity index is 1.83. The number of rotatable bonds is 6. The van der Waals surface area contributed by atoms with Crippen LogP contribution in [0.4, 0.5) is 13.2 Å². The van der Waals surface area contributed by atoms with Crippen LogP contribution < -0.4 is 5.32 Å². The van der Waals surface area contributed by atoms with Crippen molar-refractivity contribution in [3.63, 3.8) is 0 Å². The smallest absolute Gasteiger partial charge is 0.379 e. The fraction of sp³-hybridized carbons (Fsp3) is 0.733. The first-order valence-corrected chi connectivity index (χ1v) is 8.87. The van der Waals surface area contributed by atoms with Crippen molar-refractivity contribution in [2.24, 2.45) is 0 Å². The Bertz CT molecular complexity index is 600. The predicted octanol–water partition coefficient (Wildman–Crippen LogP) is 2.20. The first-order valence-electron chi connectivity index (χ1n) is 8.08. The summed E-state index contributed by atoms with van der Waals surface area (Å²) in [5.74, 6) is -0.208. The molecule has 0 spiro atoms. The third-order valence-corrected chi connectivity index (χ3v) is 4.95. The average Bonchev–Trinajstić information content (AvgIpc) is 2.82. The van der Waals surface area contributed by atoms with E-state index in [4.69, 9.17) is 4.74 Å². The van der Waals surface area contributed by atoms with Crippen LogP contribution in [-0.2, 0) is 22.3 Å². The maximum atomic E-state index is 12.8. The van der Waals surface area contributed by atoms with Gasteiger partial charge in [-0.2, -0.15) is 18.3 Å². The molecule has 1 aliphatic rings. The lowest BCUT2D eigenvalue weighted by atomic mass is 10.2. The zero-order valence-corrected chi connectivity index (χ0v) is 15.8. The molecule has 142 valence electrons. The topological polar surface area (TPSA) is 59.4 Å². The van der Waals surface area contributed by atoms with Crippen LogP contribution in [0.15, 0.2) is 4.47 Å². The molecule has 10 heteroatoms. The van der Waals surface area contributed by atoms with E-state index >= 15 is 0 Å². The number of carbonyl (C=O) groups is 1. The molecule has 0 aromatic carbocycles. The van der Waals surface area contributed by atoms with E-state index in [-0.39, 0.29) is 29.4 Å². The van der Waals surface area contributed by atoms with Crippen molar-refractivity contribution in [3.8, 4) is 0 Å². The standard InChI is InChI=1S/C15H22BrF3N4O2/c1-10(9-22-5-7-25-8-6-22)20-12(24)3-4-23-11(2)13(16)14(21-23)15(17,18)19/h10H,3-9H2,1-2H3,(H,20,24)/t10-/m0/s1. The van der Waals surface area contributed by atoms with Crippen LogP contribution in [0.1, 0.15) is 24.7 Å². The van der Waals surface area contributed by atoms with Crippen molar-refractivity contribution < 1.29 is 22.7 Å². The number of aryl methyl sites for hydroxylation is 1. The van der Waals surface area contributed by atoms with Gasteiger partial charge in [0.15, 0.2) is 5.69 Å². The quantitative estimate of drug-likeness (QED) is 0.757. The highest BCUT2D eigenvalue weighted by Crippen LogP contribution is 2.35. The zero-order valence-electron chi connectivity index (χ0n) is 14.2. The summed E-state index contributed by atoms with van der Waals surface area (Å²) in [7, 11) is 0. The normalized spacial score (nSPS) is 17.5. The van der Waals surface area contributed by atoms with Crippen LogP contribution in [-0.4, -0.2) is 59.5 Å². The number of hydrogen-bond donors (Lipinski definition) is 1. The predicted molar refractivity (Wildman–Crippen MR) is 89.1 cm³/mol. The Hall–Kier alpha value is -1.13. The number of morpholine rings is 1. The second kappa shape index (κ2) is 8.50. The fourth-order valence-corrected chi connectivity index (χ4v) is 3.20. The van der Waals surface area contributed by atoms with Gasteiger partial charge >= 0.3 is 6.18 Å². The van der Waals surface area contributed by atoms with E-state index in [1.54, 1.807) is 0 Å². The van der Waals surface area contributed by atoms with Crippen LogP contribution in [0.2, 0.25) is 0 Å². The van der Waals surface area contributed by atoms with Crippen LogP contribution >= 0.6 is 15.9 Å². The molecule has 0 bridgehead atoms. The third kappa shape index (κ3) is 5.68. The molecule has 1 saturated heterocycles. The number of nitrogens with zero attached hydrogens (tertiary/aromatic N) is 3. The number of hydrogen-bond acceptors (Lipinski definition) is 4. The molecule has 1 aromatic rings. The highest BCUT2D eigenvalue weighted by Gasteiger charge is 2.37. The number of ether oxygens (including phenoxy) is 1. The van der Waals surface area contributed by atoms with Crippen molar-refractivity contribution in [1.82, 2.24) is 20.0 Å². The van der Waals surface area contributed by atoms with Gasteiger partial charge in [0.05, 0.1) is 29.9 Å². The van der Waals surface area contributed by atoms with E-state index in [0.717, 1.165) is 19.6 Å². The molecular formula is C15H22BrF3N4O2. The summed E-state index contributed by atoms with van der Waals surface area (Å²) in [6.45, 7) is 7.31. The summed E-state index contributed by atoms with van der Waals surface area (Å²) in [6, 6.07) is -0.0400. The molecule has 1 aliphatic heterocycles. The Morgan fingerprint density at radius 3 is 2.60 bits per heavy atom. The molecular weight excluding hydrogens is 405 g/mol. The lowest BCUT2D eigenvalue weighted by molar-refractivity contribution is -0.142. The lowest BCUT2D eigenvalue weighted by Gasteiger charge is -2.29. The minimum Gasteiger partial charge on any atom is -0.379 e. The molecule has 25 heavy (non-hydrogen) atoms. The second-order valence-electron chi connectivity index (χ2n) is 6.10. The van der Waals surface area contributed by atoms with Crippen molar-refractivity contribution >= 4 is 21.8 Å². The maximum Gasteiger partial charge on any atom is 0.436 e. The largest absolute Gasteiger partial charge is 0.436 e. The number of aromatic nitrogens is 2. The fourth-order valence-electron chi connectivity index (χ4n) is 2.69. The van der Waals surface area contributed by atoms with Crippen LogP contribution in [0.3, 0.4) is 0 Å². The van der Waals surface area contributed by atoms with Gasteiger partial charge in [0.2, 0.25) is 5.91 Å². The van der Waals surface area contributed by atoms with Crippen molar-refractivity contribution in [2.75, 3.05) is 32.8 Å². The van der Waals surface area contributed by atoms with Gasteiger partial charge in [-0.15, -0.1) is 0 Å². The molecule has 0 unspecified atom stereocenters. The number of alkyl halides is 3. The van der Waals surface area contributed by atoms with Gasteiger partial charge in [-0.25, -0.2) is 0 Å². The highest BCUT2D eigenvalue weighted by atomic mass is 79.9. The Morgan fingerprint density at radius 1 is 1.40 bits per heavy atom. The van der Waals surface area contributed by atoms with E-state index in [1.807, 2.05) is 6.92 Å². The van der Waals surface area contributed by atoms with Crippen molar-refractivity contribution in [2.45, 2.75) is 39.0 Å². The van der Waals surface area contributed by atoms with Gasteiger partial charge in [0.1, 0.15) is 0 Å². The summed E-state index contributed by atoms with van der Waals surface area (Å²) >= 11 is 2.92.